The van der Waals surface area contributed by atoms with Crippen molar-refractivity contribution in [2.75, 3.05) is 20.3 Å². The van der Waals surface area contributed by atoms with E-state index in [9.17, 15) is 4.39 Å². The Labute approximate surface area is 101 Å². The van der Waals surface area contributed by atoms with Crippen LogP contribution in [0.1, 0.15) is 18.4 Å². The van der Waals surface area contributed by atoms with Crippen molar-refractivity contribution in [2.24, 2.45) is 0 Å². The molecule has 1 unspecified atom stereocenters. The molecule has 1 fully saturated rings. The third-order valence-corrected chi connectivity index (χ3v) is 2.84. The quantitative estimate of drug-likeness (QED) is 0.853. The Morgan fingerprint density at radius 2 is 2.41 bits per heavy atom. The number of hydrogen-bond acceptors (Lipinski definition) is 3. The van der Waals surface area contributed by atoms with Crippen molar-refractivity contribution in [1.29, 1.82) is 0 Å². The van der Waals surface area contributed by atoms with Crippen molar-refractivity contribution in [2.45, 2.75) is 25.5 Å². The first kappa shape index (κ1) is 12.3. The zero-order valence-corrected chi connectivity index (χ0v) is 10.0. The van der Waals surface area contributed by atoms with Crippen molar-refractivity contribution >= 4 is 0 Å². The van der Waals surface area contributed by atoms with Crippen molar-refractivity contribution in [3.63, 3.8) is 0 Å². The second-order valence-corrected chi connectivity index (χ2v) is 4.23. The Morgan fingerprint density at radius 3 is 3.12 bits per heavy atom. The van der Waals surface area contributed by atoms with Crippen LogP contribution in [0, 0.1) is 5.82 Å². The van der Waals surface area contributed by atoms with Crippen LogP contribution in [0.15, 0.2) is 18.2 Å². The Balaban J connectivity index is 1.98. The van der Waals surface area contributed by atoms with Crippen LogP contribution < -0.4 is 10.1 Å². The highest BCUT2D eigenvalue weighted by Gasteiger charge is 2.16. The van der Waals surface area contributed by atoms with E-state index in [2.05, 4.69) is 5.32 Å². The Morgan fingerprint density at radius 1 is 1.53 bits per heavy atom. The molecule has 0 aliphatic carbocycles. The lowest BCUT2D eigenvalue weighted by Crippen LogP contribution is -2.17. The van der Waals surface area contributed by atoms with E-state index in [4.69, 9.17) is 9.47 Å². The van der Waals surface area contributed by atoms with Crippen molar-refractivity contribution in [3.8, 4) is 5.75 Å². The first-order valence-electron chi connectivity index (χ1n) is 5.97. The van der Waals surface area contributed by atoms with Gasteiger partial charge >= 0.3 is 0 Å². The summed E-state index contributed by atoms with van der Waals surface area (Å²) < 4.78 is 24.3. The topological polar surface area (TPSA) is 30.5 Å². The lowest BCUT2D eigenvalue weighted by atomic mass is 10.2. The second-order valence-electron chi connectivity index (χ2n) is 4.23. The normalized spacial score (nSPS) is 19.5. The summed E-state index contributed by atoms with van der Waals surface area (Å²) in [5, 5.41) is 3.00. The maximum absolute atomic E-state index is 13.1. The minimum Gasteiger partial charge on any atom is -0.491 e. The molecule has 1 atom stereocenters. The fraction of sp³-hybridized carbons (Fsp3) is 0.538. The first-order chi connectivity index (χ1) is 8.29. The molecule has 1 aliphatic rings. The highest BCUT2D eigenvalue weighted by molar-refractivity contribution is 5.33. The summed E-state index contributed by atoms with van der Waals surface area (Å²) in [5.74, 6) is 0.496. The molecule has 1 heterocycles. The van der Waals surface area contributed by atoms with Gasteiger partial charge in [0.25, 0.3) is 0 Å². The van der Waals surface area contributed by atoms with Crippen LogP contribution >= 0.6 is 0 Å². The van der Waals surface area contributed by atoms with Gasteiger partial charge in [-0.15, -0.1) is 0 Å². The zero-order valence-electron chi connectivity index (χ0n) is 10.0. The van der Waals surface area contributed by atoms with Gasteiger partial charge in [0.05, 0.1) is 6.10 Å². The molecule has 0 aromatic heterocycles. The molecule has 3 nitrogen and oxygen atoms in total. The predicted octanol–water partition coefficient (Wildman–Crippen LogP) is 2.10. The molecule has 2 rings (SSSR count). The van der Waals surface area contributed by atoms with Crippen LogP contribution in [0.3, 0.4) is 0 Å². The summed E-state index contributed by atoms with van der Waals surface area (Å²) in [4.78, 5) is 0. The molecule has 1 N–H and O–H groups in total. The molecule has 4 heteroatoms. The average molecular weight is 239 g/mol. The van der Waals surface area contributed by atoms with E-state index < -0.39 is 0 Å². The summed E-state index contributed by atoms with van der Waals surface area (Å²) in [6, 6.07) is 4.60. The van der Waals surface area contributed by atoms with Crippen molar-refractivity contribution < 1.29 is 13.9 Å². The molecule has 1 saturated heterocycles. The van der Waals surface area contributed by atoms with Gasteiger partial charge < -0.3 is 14.8 Å². The van der Waals surface area contributed by atoms with Crippen molar-refractivity contribution in [1.82, 2.24) is 5.32 Å². The van der Waals surface area contributed by atoms with Crippen LogP contribution in [0.25, 0.3) is 0 Å². The standard InChI is InChI=1S/C13H18FNO2/c1-15-8-10-7-11(14)4-5-13(10)17-9-12-3-2-6-16-12/h4-5,7,12,15H,2-3,6,8-9H2,1H3. The van der Waals surface area contributed by atoms with Gasteiger partial charge in [0, 0.05) is 18.7 Å². The minimum atomic E-state index is -0.236. The van der Waals surface area contributed by atoms with Crippen LogP contribution in [0.4, 0.5) is 4.39 Å². The molecular weight excluding hydrogens is 221 g/mol. The Hall–Kier alpha value is -1.13. The Bertz CT molecular complexity index is 364. The molecular formula is C13H18FNO2. The minimum absolute atomic E-state index is 0.183. The Kier molecular flexibility index (Phi) is 4.34. The van der Waals surface area contributed by atoms with Gasteiger partial charge in [-0.2, -0.15) is 0 Å². The second kappa shape index (κ2) is 5.98. The maximum Gasteiger partial charge on any atom is 0.124 e. The van der Waals surface area contributed by atoms with Gasteiger partial charge in [-0.3, -0.25) is 0 Å². The predicted molar refractivity (Wildman–Crippen MR) is 63.6 cm³/mol. The summed E-state index contributed by atoms with van der Waals surface area (Å²) in [5.41, 5.74) is 0.838. The molecule has 0 spiro atoms. The van der Waals surface area contributed by atoms with Gasteiger partial charge in [0.15, 0.2) is 0 Å². The van der Waals surface area contributed by atoms with Crippen LogP contribution in [0.5, 0.6) is 5.75 Å². The van der Waals surface area contributed by atoms with Crippen LogP contribution in [0.2, 0.25) is 0 Å². The highest BCUT2D eigenvalue weighted by Crippen LogP contribution is 2.21. The van der Waals surface area contributed by atoms with Crippen LogP contribution in [-0.4, -0.2) is 26.4 Å². The van der Waals surface area contributed by atoms with Gasteiger partial charge in [-0.25, -0.2) is 4.39 Å². The summed E-state index contributed by atoms with van der Waals surface area (Å²) in [7, 11) is 1.83. The van der Waals surface area contributed by atoms with E-state index in [0.717, 1.165) is 30.8 Å². The number of benzene rings is 1. The maximum atomic E-state index is 13.1. The van der Waals surface area contributed by atoms with E-state index >= 15 is 0 Å². The van der Waals surface area contributed by atoms with Gasteiger partial charge in [0.1, 0.15) is 18.2 Å². The lowest BCUT2D eigenvalue weighted by molar-refractivity contribution is 0.0675. The van der Waals surface area contributed by atoms with Gasteiger partial charge in [-0.1, -0.05) is 0 Å². The SMILES string of the molecule is CNCc1cc(F)ccc1OCC1CCCO1. The molecule has 17 heavy (non-hydrogen) atoms. The summed E-state index contributed by atoms with van der Waals surface area (Å²) >= 11 is 0. The van der Waals surface area contributed by atoms with E-state index in [-0.39, 0.29) is 11.9 Å². The zero-order chi connectivity index (χ0) is 12.1. The summed E-state index contributed by atoms with van der Waals surface area (Å²) in [6.07, 6.45) is 2.33. The third kappa shape index (κ3) is 3.41. The number of rotatable bonds is 5. The van der Waals surface area contributed by atoms with E-state index in [1.807, 2.05) is 7.05 Å². The molecule has 0 amide bonds. The number of hydrogen-bond donors (Lipinski definition) is 1. The molecule has 1 aromatic rings. The highest BCUT2D eigenvalue weighted by atomic mass is 19.1. The molecule has 0 bridgehead atoms. The fourth-order valence-electron chi connectivity index (χ4n) is 1.98. The molecule has 0 radical (unpaired) electrons. The van der Waals surface area contributed by atoms with E-state index in [1.54, 1.807) is 6.07 Å². The number of nitrogens with one attached hydrogen (secondary N) is 1. The molecule has 1 aromatic carbocycles. The molecule has 1 aliphatic heterocycles. The third-order valence-electron chi connectivity index (χ3n) is 2.84. The van der Waals surface area contributed by atoms with Crippen LogP contribution in [-0.2, 0) is 11.3 Å². The molecule has 0 saturated carbocycles. The smallest absolute Gasteiger partial charge is 0.124 e. The van der Waals surface area contributed by atoms with Crippen molar-refractivity contribution in [3.05, 3.63) is 29.6 Å². The van der Waals surface area contributed by atoms with Gasteiger partial charge in [0.2, 0.25) is 0 Å². The largest absolute Gasteiger partial charge is 0.491 e. The number of halogens is 1. The monoisotopic (exact) mass is 239 g/mol. The van der Waals surface area contributed by atoms with Gasteiger partial charge in [-0.05, 0) is 38.1 Å². The van der Waals surface area contributed by atoms with E-state index in [0.29, 0.717) is 13.2 Å². The summed E-state index contributed by atoms with van der Waals surface area (Å²) in [6.45, 7) is 1.96. The fourth-order valence-corrected chi connectivity index (χ4v) is 1.98. The number of ether oxygens (including phenoxy) is 2. The first-order valence-corrected chi connectivity index (χ1v) is 5.97. The molecule has 94 valence electrons. The van der Waals surface area contributed by atoms with E-state index in [1.165, 1.54) is 12.1 Å². The lowest BCUT2D eigenvalue weighted by Gasteiger charge is -2.14. The average Bonchev–Trinajstić information content (AvgIpc) is 2.81.